The molecule has 1 fully saturated rings. The maximum atomic E-state index is 12.5. The number of carbonyl (C=O) groups excluding carboxylic acids is 1. The highest BCUT2D eigenvalue weighted by Crippen LogP contribution is 2.21. The van der Waals surface area contributed by atoms with E-state index in [9.17, 15) is 9.90 Å². The fourth-order valence-electron chi connectivity index (χ4n) is 2.43. The first kappa shape index (κ1) is 14.8. The number of hydrogen-bond acceptors (Lipinski definition) is 5. The molecule has 5 N–H and O–H groups in total. The Bertz CT molecular complexity index is 319. The number of β-amino-alcohol motifs (C(OH)–C–C–N with tert-alkyl or cyclic N) is 1. The molecule has 0 aromatic heterocycles. The van der Waals surface area contributed by atoms with Crippen LogP contribution in [0.3, 0.4) is 0 Å². The fourth-order valence-corrected chi connectivity index (χ4v) is 2.43. The summed E-state index contributed by atoms with van der Waals surface area (Å²) in [5.41, 5.74) is 5.30. The van der Waals surface area contributed by atoms with Gasteiger partial charge in [-0.05, 0) is 19.3 Å². The van der Waals surface area contributed by atoms with Gasteiger partial charge >= 0.3 is 0 Å². The van der Waals surface area contributed by atoms with E-state index in [1.54, 1.807) is 4.90 Å². The zero-order chi connectivity index (χ0) is 13.9. The van der Waals surface area contributed by atoms with E-state index in [1.807, 2.05) is 20.8 Å². The summed E-state index contributed by atoms with van der Waals surface area (Å²) in [7, 11) is 0. The van der Waals surface area contributed by atoms with Gasteiger partial charge in [0.2, 0.25) is 5.91 Å². The number of amides is 1. The molecule has 1 saturated heterocycles. The van der Waals surface area contributed by atoms with Gasteiger partial charge < -0.3 is 20.7 Å². The number of nitrogens with two attached hydrogens (primary N) is 2. The monoisotopic (exact) mass is 256 g/mol. The molecule has 0 bridgehead atoms. The Labute approximate surface area is 108 Å². The second-order valence-electron chi connectivity index (χ2n) is 5.21. The molecule has 0 radical (unpaired) electrons. The molecule has 0 spiro atoms. The smallest absolute Gasteiger partial charge is 0.247 e. The van der Waals surface area contributed by atoms with E-state index in [0.29, 0.717) is 13.0 Å². The van der Waals surface area contributed by atoms with Crippen molar-refractivity contribution in [2.75, 3.05) is 6.54 Å². The third-order valence-electron chi connectivity index (χ3n) is 3.30. The van der Waals surface area contributed by atoms with E-state index in [-0.39, 0.29) is 17.9 Å². The van der Waals surface area contributed by atoms with Crippen LogP contribution in [0.15, 0.2) is 12.4 Å². The summed E-state index contributed by atoms with van der Waals surface area (Å²) in [6.07, 6.45) is 2.98. The third-order valence-corrected chi connectivity index (χ3v) is 3.30. The second kappa shape index (κ2) is 6.06. The topological polar surface area (TPSA) is 95.8 Å². The van der Waals surface area contributed by atoms with Crippen molar-refractivity contribution < 1.29 is 9.90 Å². The largest absolute Gasteiger partial charge is 0.403 e. The Morgan fingerprint density at radius 3 is 2.56 bits per heavy atom. The first-order chi connectivity index (χ1) is 8.38. The van der Waals surface area contributed by atoms with Gasteiger partial charge in [0.25, 0.3) is 0 Å². The highest BCUT2D eigenvalue weighted by Gasteiger charge is 2.37. The van der Waals surface area contributed by atoms with E-state index in [4.69, 9.17) is 11.6 Å². The molecule has 1 aliphatic rings. The molecule has 0 aromatic rings. The number of hydrazine groups is 1. The molecule has 1 rings (SSSR count). The predicted octanol–water partition coefficient (Wildman–Crippen LogP) is -0.402. The van der Waals surface area contributed by atoms with E-state index < -0.39 is 12.1 Å². The lowest BCUT2D eigenvalue weighted by molar-refractivity contribution is -0.138. The van der Waals surface area contributed by atoms with Crippen molar-refractivity contribution in [2.45, 2.75) is 45.4 Å². The Balaban J connectivity index is 2.83. The molecule has 0 aliphatic carbocycles. The number of rotatable bonds is 4. The lowest BCUT2D eigenvalue weighted by Crippen LogP contribution is -2.53. The molecule has 6 nitrogen and oxygen atoms in total. The lowest BCUT2D eigenvalue weighted by Gasteiger charge is -2.33. The van der Waals surface area contributed by atoms with Gasteiger partial charge in [-0.2, -0.15) is 0 Å². The molecule has 104 valence electrons. The average Bonchev–Trinajstić information content (AvgIpc) is 2.57. The van der Waals surface area contributed by atoms with E-state index in [1.165, 1.54) is 17.4 Å². The minimum atomic E-state index is -0.461. The van der Waals surface area contributed by atoms with Gasteiger partial charge in [0, 0.05) is 25.0 Å². The van der Waals surface area contributed by atoms with Gasteiger partial charge in [-0.25, -0.2) is 5.84 Å². The van der Waals surface area contributed by atoms with Crippen molar-refractivity contribution in [3.63, 3.8) is 0 Å². The molecular formula is C12H24N4O2. The van der Waals surface area contributed by atoms with Crippen LogP contribution >= 0.6 is 0 Å². The van der Waals surface area contributed by atoms with Gasteiger partial charge in [-0.15, -0.1) is 0 Å². The summed E-state index contributed by atoms with van der Waals surface area (Å²) < 4.78 is 0. The van der Waals surface area contributed by atoms with Crippen LogP contribution in [0.4, 0.5) is 0 Å². The van der Waals surface area contributed by atoms with Gasteiger partial charge in [0.1, 0.15) is 6.04 Å². The maximum absolute atomic E-state index is 12.5. The molecule has 1 heterocycles. The lowest BCUT2D eigenvalue weighted by atomic mass is 10.0. The number of carbonyl (C=O) groups is 1. The van der Waals surface area contributed by atoms with Gasteiger partial charge in [-0.1, -0.05) is 13.8 Å². The SMILES string of the molecule is CC(C)C(C(=O)N1CC(O)CC1C)N(N)/C=C\N. The number of nitrogens with zero attached hydrogens (tertiary/aromatic N) is 2. The third kappa shape index (κ3) is 3.14. The summed E-state index contributed by atoms with van der Waals surface area (Å²) in [4.78, 5) is 14.2. The van der Waals surface area contributed by atoms with Crippen molar-refractivity contribution in [3.05, 3.63) is 12.4 Å². The fraction of sp³-hybridized carbons (Fsp3) is 0.750. The quantitative estimate of drug-likeness (QED) is 0.470. The first-order valence-electron chi connectivity index (χ1n) is 6.28. The minimum absolute atomic E-state index is 0.0454. The van der Waals surface area contributed by atoms with Gasteiger partial charge in [0.15, 0.2) is 0 Å². The highest BCUT2D eigenvalue weighted by molar-refractivity contribution is 5.82. The minimum Gasteiger partial charge on any atom is -0.403 e. The van der Waals surface area contributed by atoms with Crippen LogP contribution in [0.1, 0.15) is 27.2 Å². The van der Waals surface area contributed by atoms with Crippen LogP contribution in [-0.2, 0) is 4.79 Å². The van der Waals surface area contributed by atoms with E-state index in [0.717, 1.165) is 0 Å². The molecule has 3 unspecified atom stereocenters. The maximum Gasteiger partial charge on any atom is 0.247 e. The highest BCUT2D eigenvalue weighted by atomic mass is 16.3. The second-order valence-corrected chi connectivity index (χ2v) is 5.21. The molecular weight excluding hydrogens is 232 g/mol. The van der Waals surface area contributed by atoms with Crippen LogP contribution < -0.4 is 11.6 Å². The van der Waals surface area contributed by atoms with Crippen LogP contribution in [0.5, 0.6) is 0 Å². The van der Waals surface area contributed by atoms with Crippen LogP contribution in [0.25, 0.3) is 0 Å². The predicted molar refractivity (Wildman–Crippen MR) is 69.8 cm³/mol. The van der Waals surface area contributed by atoms with E-state index in [2.05, 4.69) is 0 Å². The normalized spacial score (nSPS) is 26.0. The summed E-state index contributed by atoms with van der Waals surface area (Å²) in [5, 5.41) is 10.9. The van der Waals surface area contributed by atoms with Gasteiger partial charge in [-0.3, -0.25) is 4.79 Å². The first-order valence-corrected chi connectivity index (χ1v) is 6.28. The number of hydrogen-bond donors (Lipinski definition) is 3. The number of aliphatic hydroxyl groups excluding tert-OH is 1. The van der Waals surface area contributed by atoms with Crippen LogP contribution in [0.2, 0.25) is 0 Å². The van der Waals surface area contributed by atoms with Crippen LogP contribution in [-0.4, -0.2) is 45.7 Å². The Morgan fingerprint density at radius 1 is 1.56 bits per heavy atom. The molecule has 0 aromatic carbocycles. The summed E-state index contributed by atoms with van der Waals surface area (Å²) in [5.74, 6) is 5.83. The van der Waals surface area contributed by atoms with Crippen LogP contribution in [0, 0.1) is 5.92 Å². The zero-order valence-electron chi connectivity index (χ0n) is 11.3. The zero-order valence-corrected chi connectivity index (χ0v) is 11.3. The van der Waals surface area contributed by atoms with Crippen molar-refractivity contribution >= 4 is 5.91 Å². The Kier molecular flexibility index (Phi) is 4.98. The van der Waals surface area contributed by atoms with Crippen molar-refractivity contribution in [3.8, 4) is 0 Å². The summed E-state index contributed by atoms with van der Waals surface area (Å²) in [6, 6.07) is -0.415. The van der Waals surface area contributed by atoms with E-state index >= 15 is 0 Å². The molecule has 1 aliphatic heterocycles. The average molecular weight is 256 g/mol. The molecule has 3 atom stereocenters. The Morgan fingerprint density at radius 2 is 2.17 bits per heavy atom. The molecule has 6 heteroatoms. The van der Waals surface area contributed by atoms with Crippen molar-refractivity contribution in [2.24, 2.45) is 17.5 Å². The van der Waals surface area contributed by atoms with Gasteiger partial charge in [0.05, 0.1) is 6.10 Å². The van der Waals surface area contributed by atoms with Crippen molar-refractivity contribution in [1.82, 2.24) is 9.91 Å². The summed E-state index contributed by atoms with van der Waals surface area (Å²) in [6.45, 7) is 6.18. The van der Waals surface area contributed by atoms with Crippen molar-refractivity contribution in [1.29, 1.82) is 0 Å². The summed E-state index contributed by atoms with van der Waals surface area (Å²) >= 11 is 0. The molecule has 1 amide bonds. The number of aliphatic hydroxyl groups is 1. The Hall–Kier alpha value is -1.27. The standard InChI is InChI=1S/C12H24N4O2/c1-8(2)11(16(14)5-4-13)12(18)15-7-10(17)6-9(15)3/h4-5,8-11,17H,6-7,13-14H2,1-3H3/b5-4-. The molecule has 18 heavy (non-hydrogen) atoms. The molecule has 0 saturated carbocycles. The number of likely N-dealkylation sites (tertiary alicyclic amines) is 1.